The summed E-state index contributed by atoms with van der Waals surface area (Å²) < 4.78 is 39.4. The van der Waals surface area contributed by atoms with Crippen LogP contribution in [0.15, 0.2) is 0 Å². The number of nitrogens with one attached hydrogen (secondary N) is 4. The third kappa shape index (κ3) is 23.5. The van der Waals surface area contributed by atoms with Gasteiger partial charge in [0.2, 0.25) is 23.6 Å². The average molecular weight is 801 g/mol. The molecule has 0 spiro atoms. The second kappa shape index (κ2) is 31.8. The molecule has 0 aliphatic heterocycles. The molecule has 0 saturated heterocycles. The summed E-state index contributed by atoms with van der Waals surface area (Å²) in [6.45, 7) is 4.10. The molecule has 10 N–H and O–H groups in total. The fraction of sp³-hybridized carbons (Fsp3) is 0.875. The van der Waals surface area contributed by atoms with Crippen molar-refractivity contribution in [2.75, 3.05) is 112 Å². The van der Waals surface area contributed by atoms with Crippen molar-refractivity contribution in [3.05, 3.63) is 0 Å². The summed E-state index contributed by atoms with van der Waals surface area (Å²) in [5.41, 5.74) is 0. The summed E-state index contributed by atoms with van der Waals surface area (Å²) in [7, 11) is -1.73. The molecular weight excluding hydrogens is 735 g/mol. The van der Waals surface area contributed by atoms with Crippen molar-refractivity contribution in [2.45, 2.75) is 64.0 Å². The van der Waals surface area contributed by atoms with E-state index in [-0.39, 0.29) is 123 Å². The fourth-order valence-electron chi connectivity index (χ4n) is 5.48. The maximum Gasteiger partial charge on any atom is 0.330 e. The van der Waals surface area contributed by atoms with Gasteiger partial charge in [0.25, 0.3) is 0 Å². The first-order valence-electron chi connectivity index (χ1n) is 18.5. The zero-order chi connectivity index (χ0) is 39.9. The van der Waals surface area contributed by atoms with Gasteiger partial charge in [-0.05, 0) is 44.9 Å². The van der Waals surface area contributed by atoms with Crippen LogP contribution < -0.4 is 39.0 Å². The number of carbonyl (C=O) groups is 4. The predicted molar refractivity (Wildman–Crippen MR) is 196 cm³/mol. The Hall–Kier alpha value is -2.37. The molecule has 1 fully saturated rings. The number of hydrogen-bond acceptors (Lipinski definition) is 17. The van der Waals surface area contributed by atoms with Crippen molar-refractivity contribution in [1.29, 1.82) is 0 Å². The standard InChI is InChI=1S/C32H65N8O13P/c1-3-54(45,46-2)53-27-9-7-26(8-10-27)31(43)38-11-5-4-6-28(32(44)39-14-17-49-20-23-52-35)40(24-29(41)36-12-15-47-18-21-50-33)25-30(42)37-13-16-48-19-22-51-34/h26-28H,3-25,33-35H2,1-2H3,(H,36,41)(H,37,42)(H,38,43)(H,39,44). The van der Waals surface area contributed by atoms with Gasteiger partial charge in [-0.15, -0.1) is 0 Å². The van der Waals surface area contributed by atoms with E-state index in [0.717, 1.165) is 0 Å². The first-order valence-corrected chi connectivity index (χ1v) is 20.2. The second-order valence-electron chi connectivity index (χ2n) is 12.3. The molecule has 0 bridgehead atoms. The molecule has 316 valence electrons. The smallest absolute Gasteiger partial charge is 0.330 e. The van der Waals surface area contributed by atoms with Gasteiger partial charge in [0, 0.05) is 45.4 Å². The lowest BCUT2D eigenvalue weighted by molar-refractivity contribution is -0.132. The third-order valence-corrected chi connectivity index (χ3v) is 10.3. The maximum absolute atomic E-state index is 13.6. The summed E-state index contributed by atoms with van der Waals surface area (Å²) in [4.78, 5) is 67.4. The van der Waals surface area contributed by atoms with Crippen LogP contribution in [0.3, 0.4) is 0 Å². The van der Waals surface area contributed by atoms with E-state index in [1.807, 2.05) is 0 Å². The Bertz CT molecular complexity index is 1040. The first-order chi connectivity index (χ1) is 26.1. The largest absolute Gasteiger partial charge is 0.377 e. The molecule has 1 rings (SSSR count). The number of ether oxygens (including phenoxy) is 3. The highest BCUT2D eigenvalue weighted by atomic mass is 31.2. The van der Waals surface area contributed by atoms with Crippen molar-refractivity contribution in [3.63, 3.8) is 0 Å². The van der Waals surface area contributed by atoms with Crippen LogP contribution in [-0.2, 0) is 61.5 Å². The molecule has 0 aromatic carbocycles. The Morgan fingerprint density at radius 3 is 1.65 bits per heavy atom. The van der Waals surface area contributed by atoms with Crippen LogP contribution in [0.2, 0.25) is 0 Å². The van der Waals surface area contributed by atoms with Crippen LogP contribution in [0.25, 0.3) is 0 Å². The van der Waals surface area contributed by atoms with Gasteiger partial charge in [-0.2, -0.15) is 0 Å². The highest BCUT2D eigenvalue weighted by Crippen LogP contribution is 2.50. The highest BCUT2D eigenvalue weighted by molar-refractivity contribution is 7.53. The van der Waals surface area contributed by atoms with E-state index in [2.05, 4.69) is 35.8 Å². The van der Waals surface area contributed by atoms with Crippen molar-refractivity contribution in [2.24, 2.45) is 23.6 Å². The predicted octanol–water partition coefficient (Wildman–Crippen LogP) is -1.55. The molecule has 4 amide bonds. The molecule has 0 heterocycles. The van der Waals surface area contributed by atoms with E-state index in [1.54, 1.807) is 6.92 Å². The highest BCUT2D eigenvalue weighted by Gasteiger charge is 2.32. The number of unbranched alkanes of at least 4 members (excludes halogenated alkanes) is 1. The Morgan fingerprint density at radius 1 is 0.685 bits per heavy atom. The molecule has 2 atom stereocenters. The van der Waals surface area contributed by atoms with Crippen LogP contribution in [0.4, 0.5) is 0 Å². The summed E-state index contributed by atoms with van der Waals surface area (Å²) in [5.74, 6) is 13.5. The van der Waals surface area contributed by atoms with Gasteiger partial charge in [0.15, 0.2) is 0 Å². The molecule has 54 heavy (non-hydrogen) atoms. The normalized spacial score (nSPS) is 17.4. The van der Waals surface area contributed by atoms with Gasteiger partial charge in [-0.25, -0.2) is 17.7 Å². The summed E-state index contributed by atoms with van der Waals surface area (Å²) in [6, 6.07) is -0.873. The van der Waals surface area contributed by atoms with Gasteiger partial charge in [-0.3, -0.25) is 28.6 Å². The lowest BCUT2D eigenvalue weighted by atomic mass is 9.87. The molecule has 0 aromatic rings. The minimum atomic E-state index is -3.11. The first kappa shape index (κ1) is 49.6. The molecule has 1 aliphatic carbocycles. The van der Waals surface area contributed by atoms with Crippen LogP contribution in [0.1, 0.15) is 51.9 Å². The molecule has 1 aliphatic rings. The van der Waals surface area contributed by atoms with E-state index < -0.39 is 31.4 Å². The zero-order valence-electron chi connectivity index (χ0n) is 31.9. The van der Waals surface area contributed by atoms with Crippen molar-refractivity contribution < 1.29 is 61.5 Å². The van der Waals surface area contributed by atoms with Gasteiger partial charge in [-0.1, -0.05) is 6.92 Å². The number of amides is 4. The molecule has 1 saturated carbocycles. The van der Waals surface area contributed by atoms with E-state index in [4.69, 9.17) is 40.9 Å². The number of nitrogens with two attached hydrogens (primary N) is 3. The topological polar surface area (TPSA) is 289 Å². The maximum atomic E-state index is 13.6. The number of carbonyl (C=O) groups excluding carboxylic acids is 4. The van der Waals surface area contributed by atoms with Crippen molar-refractivity contribution in [3.8, 4) is 0 Å². The molecule has 22 heteroatoms. The monoisotopic (exact) mass is 800 g/mol. The van der Waals surface area contributed by atoms with Crippen LogP contribution in [0, 0.1) is 5.92 Å². The third-order valence-electron chi connectivity index (χ3n) is 8.38. The Balaban J connectivity index is 2.85. The SMILES string of the molecule is CCP(=O)(OC)OC1CCC(C(=O)NCCCCC(C(=O)NCCOCCON)N(CC(=O)NCCOCCON)CC(=O)NCCOCCON)CC1. The Morgan fingerprint density at radius 2 is 1.19 bits per heavy atom. The second-order valence-corrected chi connectivity index (χ2v) is 14.8. The van der Waals surface area contributed by atoms with E-state index in [9.17, 15) is 23.7 Å². The van der Waals surface area contributed by atoms with E-state index in [1.165, 1.54) is 12.0 Å². The van der Waals surface area contributed by atoms with Crippen molar-refractivity contribution in [1.82, 2.24) is 26.2 Å². The molecule has 21 nitrogen and oxygen atoms in total. The van der Waals surface area contributed by atoms with Gasteiger partial charge in [0.05, 0.1) is 84.7 Å². The Kier molecular flexibility index (Phi) is 29.2. The number of nitrogens with zero attached hydrogens (tertiary/aromatic N) is 1. The summed E-state index contributed by atoms with van der Waals surface area (Å²) in [6.07, 6.45) is 3.84. The lowest BCUT2D eigenvalue weighted by Gasteiger charge is -2.30. The number of rotatable bonds is 34. The van der Waals surface area contributed by atoms with E-state index >= 15 is 0 Å². The molecular formula is C32H65N8O13P. The van der Waals surface area contributed by atoms with Gasteiger partial charge in [0.1, 0.15) is 0 Å². The van der Waals surface area contributed by atoms with Crippen LogP contribution >= 0.6 is 7.60 Å². The van der Waals surface area contributed by atoms with Gasteiger partial charge >= 0.3 is 7.60 Å². The molecule has 0 aromatic heterocycles. The Labute approximate surface area is 318 Å². The van der Waals surface area contributed by atoms with E-state index in [0.29, 0.717) is 45.1 Å². The minimum Gasteiger partial charge on any atom is -0.377 e. The summed E-state index contributed by atoms with van der Waals surface area (Å²) >= 11 is 0. The van der Waals surface area contributed by atoms with Crippen molar-refractivity contribution >= 4 is 31.2 Å². The van der Waals surface area contributed by atoms with Gasteiger partial charge < -0.3 is 59.0 Å². The zero-order valence-corrected chi connectivity index (χ0v) is 32.8. The van der Waals surface area contributed by atoms with Crippen LogP contribution in [-0.4, -0.2) is 153 Å². The average Bonchev–Trinajstić information content (AvgIpc) is 3.17. The minimum absolute atomic E-state index is 0.0674. The molecule has 2 unspecified atom stereocenters. The quantitative estimate of drug-likeness (QED) is 0.0220. The lowest BCUT2D eigenvalue weighted by Crippen LogP contribution is -2.54. The van der Waals surface area contributed by atoms with Crippen LogP contribution in [0.5, 0.6) is 0 Å². The number of hydrogen-bond donors (Lipinski definition) is 7. The molecule has 0 radical (unpaired) electrons. The summed E-state index contributed by atoms with van der Waals surface area (Å²) in [5, 5.41) is 11.3. The fourth-order valence-corrected chi connectivity index (χ4v) is 6.63.